The third kappa shape index (κ3) is 2.67. The second-order valence-electron chi connectivity index (χ2n) is 5.17. The monoisotopic (exact) mass is 317 g/mol. The van der Waals surface area contributed by atoms with E-state index >= 15 is 0 Å². The average molecular weight is 318 g/mol. The van der Waals surface area contributed by atoms with Gasteiger partial charge in [0, 0.05) is 37.0 Å². The van der Waals surface area contributed by atoms with E-state index in [4.69, 9.17) is 0 Å². The summed E-state index contributed by atoms with van der Waals surface area (Å²) in [4.78, 5) is 9.20. The van der Waals surface area contributed by atoms with Gasteiger partial charge >= 0.3 is 0 Å². The summed E-state index contributed by atoms with van der Waals surface area (Å²) in [5.41, 5.74) is 6.02. The van der Waals surface area contributed by atoms with Crippen LogP contribution in [-0.4, -0.2) is 16.5 Å². The van der Waals surface area contributed by atoms with Crippen LogP contribution in [0.3, 0.4) is 0 Å². The molecule has 0 bridgehead atoms. The van der Waals surface area contributed by atoms with E-state index < -0.39 is 0 Å². The molecule has 0 saturated carbocycles. The molecule has 3 aromatic rings. The quantitative estimate of drug-likeness (QED) is 0.743. The smallest absolute Gasteiger partial charge is 0.0907 e. The maximum Gasteiger partial charge on any atom is 0.0907 e. The Bertz CT molecular complexity index is 797. The number of rotatable bonds is 1. The van der Waals surface area contributed by atoms with Crippen molar-refractivity contribution in [1.82, 2.24) is 15.3 Å². The van der Waals surface area contributed by atoms with E-state index in [1.54, 1.807) is 11.3 Å². The van der Waals surface area contributed by atoms with Crippen molar-refractivity contribution in [2.45, 2.75) is 19.9 Å². The second kappa shape index (κ2) is 5.72. The number of aromatic nitrogens is 2. The van der Waals surface area contributed by atoms with Crippen molar-refractivity contribution in [2.24, 2.45) is 0 Å². The van der Waals surface area contributed by atoms with Gasteiger partial charge in [-0.2, -0.15) is 0 Å². The first-order chi connectivity index (χ1) is 9.79. The van der Waals surface area contributed by atoms with Gasteiger partial charge in [0.2, 0.25) is 0 Å². The summed E-state index contributed by atoms with van der Waals surface area (Å²) in [6.07, 6.45) is 3.02. The molecule has 1 aliphatic heterocycles. The topological polar surface area (TPSA) is 37.8 Å². The lowest BCUT2D eigenvalue weighted by atomic mass is 10.0. The fourth-order valence-electron chi connectivity index (χ4n) is 2.73. The molecule has 0 saturated heterocycles. The number of fused-ring (bicyclic) bond motifs is 2. The van der Waals surface area contributed by atoms with E-state index in [2.05, 4.69) is 46.5 Å². The Kier molecular flexibility index (Phi) is 3.93. The van der Waals surface area contributed by atoms with Gasteiger partial charge in [0.1, 0.15) is 0 Å². The highest BCUT2D eigenvalue weighted by Crippen LogP contribution is 2.28. The predicted octanol–water partition coefficient (Wildman–Crippen LogP) is 3.73. The number of hydrogen-bond acceptors (Lipinski definition) is 4. The molecule has 0 radical (unpaired) electrons. The minimum absolute atomic E-state index is 0. The number of nitrogens with zero attached hydrogens (tertiary/aromatic N) is 2. The van der Waals surface area contributed by atoms with Crippen molar-refractivity contribution in [2.75, 3.05) is 6.54 Å². The van der Waals surface area contributed by atoms with Gasteiger partial charge in [-0.15, -0.1) is 23.7 Å². The summed E-state index contributed by atoms with van der Waals surface area (Å²) >= 11 is 1.74. The summed E-state index contributed by atoms with van der Waals surface area (Å²) in [5.74, 6) is 0. The van der Waals surface area contributed by atoms with E-state index in [0.717, 1.165) is 30.0 Å². The van der Waals surface area contributed by atoms with Gasteiger partial charge in [0.15, 0.2) is 0 Å². The minimum atomic E-state index is 0. The van der Waals surface area contributed by atoms with Crippen LogP contribution in [0.5, 0.6) is 0 Å². The van der Waals surface area contributed by atoms with Gasteiger partial charge in [0.05, 0.1) is 15.2 Å². The summed E-state index contributed by atoms with van der Waals surface area (Å²) in [6.45, 7) is 4.01. The van der Waals surface area contributed by atoms with E-state index in [-0.39, 0.29) is 12.4 Å². The first-order valence-corrected chi connectivity index (χ1v) is 7.67. The van der Waals surface area contributed by atoms with Crippen molar-refractivity contribution in [1.29, 1.82) is 0 Å². The lowest BCUT2D eigenvalue weighted by Crippen LogP contribution is -2.24. The third-order valence-corrected chi connectivity index (χ3v) is 4.69. The molecule has 0 atom stereocenters. The van der Waals surface area contributed by atoms with E-state index in [1.165, 1.54) is 27.1 Å². The van der Waals surface area contributed by atoms with Crippen LogP contribution < -0.4 is 5.32 Å². The van der Waals surface area contributed by atoms with Crippen LogP contribution in [0, 0.1) is 6.92 Å². The van der Waals surface area contributed by atoms with E-state index in [0.29, 0.717) is 0 Å². The molecule has 21 heavy (non-hydrogen) atoms. The van der Waals surface area contributed by atoms with Crippen LogP contribution in [0.1, 0.15) is 16.3 Å². The molecule has 0 fully saturated rings. The van der Waals surface area contributed by atoms with Crippen molar-refractivity contribution in [3.05, 3.63) is 46.7 Å². The predicted molar refractivity (Wildman–Crippen MR) is 90.2 cm³/mol. The molecule has 4 rings (SSSR count). The molecule has 5 heteroatoms. The SMILES string of the molecule is Cc1nc2cc(-c3cnc4c(c3)CNCC4)ccc2s1.Cl. The Morgan fingerprint density at radius 2 is 2.10 bits per heavy atom. The number of halogens is 1. The number of nitrogens with one attached hydrogen (secondary N) is 1. The summed E-state index contributed by atoms with van der Waals surface area (Å²) in [7, 11) is 0. The Morgan fingerprint density at radius 1 is 1.19 bits per heavy atom. The molecule has 108 valence electrons. The lowest BCUT2D eigenvalue weighted by molar-refractivity contribution is 0.630. The van der Waals surface area contributed by atoms with Crippen LogP contribution in [0.25, 0.3) is 21.3 Å². The molecule has 3 nitrogen and oxygen atoms in total. The van der Waals surface area contributed by atoms with Gasteiger partial charge < -0.3 is 5.32 Å². The van der Waals surface area contributed by atoms with Crippen molar-refractivity contribution >= 4 is 34.0 Å². The zero-order valence-corrected chi connectivity index (χ0v) is 13.4. The molecular weight excluding hydrogens is 302 g/mol. The second-order valence-corrected chi connectivity index (χ2v) is 6.41. The number of hydrogen-bond donors (Lipinski definition) is 1. The number of aryl methyl sites for hydroxylation is 1. The number of thiazole rings is 1. The van der Waals surface area contributed by atoms with Gasteiger partial charge in [-0.25, -0.2) is 4.98 Å². The highest BCUT2D eigenvalue weighted by atomic mass is 35.5. The van der Waals surface area contributed by atoms with Gasteiger partial charge in [0.25, 0.3) is 0 Å². The first kappa shape index (κ1) is 14.4. The molecule has 0 amide bonds. The highest BCUT2D eigenvalue weighted by Gasteiger charge is 2.11. The van der Waals surface area contributed by atoms with Crippen molar-refractivity contribution in [3.63, 3.8) is 0 Å². The van der Waals surface area contributed by atoms with E-state index in [1.807, 2.05) is 6.20 Å². The molecule has 0 unspecified atom stereocenters. The normalized spacial score (nSPS) is 13.8. The lowest BCUT2D eigenvalue weighted by Gasteiger charge is -2.16. The molecule has 0 aliphatic carbocycles. The van der Waals surface area contributed by atoms with Gasteiger partial charge in [-0.05, 0) is 36.2 Å². The third-order valence-electron chi connectivity index (χ3n) is 3.74. The Hall–Kier alpha value is -1.49. The molecule has 3 heterocycles. The average Bonchev–Trinajstić information content (AvgIpc) is 2.85. The Balaban J connectivity index is 0.00000132. The Morgan fingerprint density at radius 3 is 3.00 bits per heavy atom. The van der Waals surface area contributed by atoms with Crippen LogP contribution in [0.4, 0.5) is 0 Å². The molecule has 2 aromatic heterocycles. The summed E-state index contributed by atoms with van der Waals surface area (Å²) < 4.78 is 1.25. The molecule has 1 N–H and O–H groups in total. The van der Waals surface area contributed by atoms with Gasteiger partial charge in [-0.3, -0.25) is 4.98 Å². The maximum absolute atomic E-state index is 4.62. The van der Waals surface area contributed by atoms with Crippen LogP contribution in [0.2, 0.25) is 0 Å². The molecule has 1 aliphatic rings. The first-order valence-electron chi connectivity index (χ1n) is 6.86. The van der Waals surface area contributed by atoms with Crippen molar-refractivity contribution in [3.8, 4) is 11.1 Å². The summed E-state index contributed by atoms with van der Waals surface area (Å²) in [5, 5.41) is 4.52. The fraction of sp³-hybridized carbons (Fsp3) is 0.250. The molecular formula is C16H16ClN3S. The number of pyridine rings is 1. The molecule has 0 spiro atoms. The van der Waals surface area contributed by atoms with Crippen LogP contribution in [0.15, 0.2) is 30.5 Å². The Labute approximate surface area is 133 Å². The van der Waals surface area contributed by atoms with Crippen molar-refractivity contribution < 1.29 is 0 Å². The minimum Gasteiger partial charge on any atom is -0.312 e. The molecule has 1 aromatic carbocycles. The largest absolute Gasteiger partial charge is 0.312 e. The fourth-order valence-corrected chi connectivity index (χ4v) is 3.53. The van der Waals surface area contributed by atoms with Gasteiger partial charge in [-0.1, -0.05) is 6.07 Å². The summed E-state index contributed by atoms with van der Waals surface area (Å²) in [6, 6.07) is 8.75. The van der Waals surface area contributed by atoms with Crippen LogP contribution in [-0.2, 0) is 13.0 Å². The van der Waals surface area contributed by atoms with Crippen LogP contribution >= 0.6 is 23.7 Å². The zero-order chi connectivity index (χ0) is 13.5. The standard InChI is InChI=1S/C16H15N3S.ClH/c1-10-19-15-7-11(2-3-16(15)20-10)12-6-13-8-17-5-4-14(13)18-9-12;/h2-3,6-7,9,17H,4-5,8H2,1H3;1H. The number of benzene rings is 1. The highest BCUT2D eigenvalue weighted by molar-refractivity contribution is 7.18. The zero-order valence-electron chi connectivity index (χ0n) is 11.7. The van der Waals surface area contributed by atoms with E-state index in [9.17, 15) is 0 Å². The maximum atomic E-state index is 4.62.